The van der Waals surface area contributed by atoms with E-state index < -0.39 is 5.91 Å². The van der Waals surface area contributed by atoms with E-state index in [2.05, 4.69) is 10.3 Å². The minimum absolute atomic E-state index is 0.0884. The van der Waals surface area contributed by atoms with E-state index >= 15 is 0 Å². The van der Waals surface area contributed by atoms with Gasteiger partial charge in [0.05, 0.1) is 0 Å². The highest BCUT2D eigenvalue weighted by atomic mass is 16.3. The van der Waals surface area contributed by atoms with Crippen LogP contribution in [0, 0.1) is 6.92 Å². The molecule has 0 saturated carbocycles. The van der Waals surface area contributed by atoms with Crippen molar-refractivity contribution in [2.75, 3.05) is 6.54 Å². The first-order valence-corrected chi connectivity index (χ1v) is 7.42. The van der Waals surface area contributed by atoms with E-state index in [1.54, 1.807) is 6.92 Å². The summed E-state index contributed by atoms with van der Waals surface area (Å²) in [4.78, 5) is 15.3. The highest BCUT2D eigenvalue weighted by Gasteiger charge is 2.16. The van der Waals surface area contributed by atoms with Crippen LogP contribution in [0.5, 0.6) is 11.5 Å². The molecule has 0 saturated heterocycles. The van der Waals surface area contributed by atoms with E-state index in [0.29, 0.717) is 18.5 Å². The van der Waals surface area contributed by atoms with Crippen molar-refractivity contribution >= 4 is 16.8 Å². The average molecular weight is 310 g/mol. The van der Waals surface area contributed by atoms with Crippen molar-refractivity contribution in [1.29, 1.82) is 0 Å². The molecular weight excluding hydrogens is 292 g/mol. The predicted octanol–water partition coefficient (Wildman–Crippen LogP) is 2.86. The largest absolute Gasteiger partial charge is 0.507 e. The van der Waals surface area contributed by atoms with Crippen molar-refractivity contribution in [2.45, 2.75) is 13.3 Å². The number of para-hydroxylation sites is 1. The number of hydrogen-bond acceptors (Lipinski definition) is 3. The molecule has 0 unspecified atom stereocenters. The lowest BCUT2D eigenvalue weighted by Gasteiger charge is -2.09. The zero-order chi connectivity index (χ0) is 16.4. The third-order valence-corrected chi connectivity index (χ3v) is 3.82. The summed E-state index contributed by atoms with van der Waals surface area (Å²) in [5, 5.41) is 23.5. The quantitative estimate of drug-likeness (QED) is 0.598. The van der Waals surface area contributed by atoms with Crippen LogP contribution in [0.1, 0.15) is 21.5 Å². The Bertz CT molecular complexity index is 845. The molecule has 4 N–H and O–H groups in total. The summed E-state index contributed by atoms with van der Waals surface area (Å²) in [6.07, 6.45) is 2.58. The highest BCUT2D eigenvalue weighted by molar-refractivity contribution is 5.99. The molecule has 23 heavy (non-hydrogen) atoms. The Hall–Kier alpha value is -2.95. The topological polar surface area (TPSA) is 85.4 Å². The molecule has 5 heteroatoms. The van der Waals surface area contributed by atoms with Gasteiger partial charge in [-0.2, -0.15) is 0 Å². The molecule has 0 aliphatic heterocycles. The van der Waals surface area contributed by atoms with Gasteiger partial charge in [-0.05, 0) is 42.7 Å². The van der Waals surface area contributed by atoms with Gasteiger partial charge in [0.15, 0.2) is 0 Å². The Kier molecular flexibility index (Phi) is 3.93. The summed E-state index contributed by atoms with van der Waals surface area (Å²) < 4.78 is 0. The number of H-pyrrole nitrogens is 1. The Balaban J connectivity index is 1.68. The molecule has 0 atom stereocenters. The number of rotatable bonds is 4. The smallest absolute Gasteiger partial charge is 0.258 e. The van der Waals surface area contributed by atoms with Gasteiger partial charge < -0.3 is 20.5 Å². The van der Waals surface area contributed by atoms with E-state index in [4.69, 9.17) is 0 Å². The molecule has 5 nitrogen and oxygen atoms in total. The fraction of sp³-hybridized carbons (Fsp3) is 0.167. The van der Waals surface area contributed by atoms with Gasteiger partial charge in [0.1, 0.15) is 17.1 Å². The number of carbonyl (C=O) groups is 1. The number of amides is 1. The van der Waals surface area contributed by atoms with Gasteiger partial charge in [-0.1, -0.05) is 18.2 Å². The number of aromatic hydroxyl groups is 2. The molecule has 0 spiro atoms. The summed E-state index contributed by atoms with van der Waals surface area (Å²) in [5.41, 5.74) is 2.77. The lowest BCUT2D eigenvalue weighted by atomic mass is 10.1. The van der Waals surface area contributed by atoms with Crippen molar-refractivity contribution in [1.82, 2.24) is 10.3 Å². The number of carbonyl (C=O) groups excluding carboxylic acids is 1. The third kappa shape index (κ3) is 2.99. The molecule has 3 aromatic rings. The Morgan fingerprint density at radius 1 is 1.17 bits per heavy atom. The minimum atomic E-state index is -0.486. The van der Waals surface area contributed by atoms with Crippen LogP contribution < -0.4 is 5.32 Å². The number of aryl methyl sites for hydroxylation is 1. The monoisotopic (exact) mass is 310 g/mol. The van der Waals surface area contributed by atoms with Gasteiger partial charge in [0, 0.05) is 23.6 Å². The zero-order valence-corrected chi connectivity index (χ0v) is 12.8. The lowest BCUT2D eigenvalue weighted by Crippen LogP contribution is -2.25. The van der Waals surface area contributed by atoms with Gasteiger partial charge in [0.2, 0.25) is 0 Å². The molecule has 1 aromatic heterocycles. The number of nitrogens with one attached hydrogen (secondary N) is 2. The molecule has 1 heterocycles. The van der Waals surface area contributed by atoms with Crippen LogP contribution in [0.3, 0.4) is 0 Å². The highest BCUT2D eigenvalue weighted by Crippen LogP contribution is 2.28. The molecule has 0 bridgehead atoms. The molecule has 0 aliphatic carbocycles. The van der Waals surface area contributed by atoms with Crippen LogP contribution in [0.25, 0.3) is 10.9 Å². The van der Waals surface area contributed by atoms with Crippen LogP contribution in [-0.2, 0) is 6.42 Å². The molecule has 0 fully saturated rings. The van der Waals surface area contributed by atoms with E-state index in [1.165, 1.54) is 12.1 Å². The van der Waals surface area contributed by atoms with Gasteiger partial charge in [-0.3, -0.25) is 4.79 Å². The number of phenols is 2. The predicted molar refractivity (Wildman–Crippen MR) is 88.8 cm³/mol. The summed E-state index contributed by atoms with van der Waals surface area (Å²) >= 11 is 0. The third-order valence-electron chi connectivity index (χ3n) is 3.82. The maximum Gasteiger partial charge on any atom is 0.258 e. The summed E-state index contributed by atoms with van der Waals surface area (Å²) in [7, 11) is 0. The van der Waals surface area contributed by atoms with E-state index in [-0.39, 0.29) is 17.1 Å². The summed E-state index contributed by atoms with van der Waals surface area (Å²) in [6, 6.07) is 10.9. The molecule has 0 radical (unpaired) electrons. The lowest BCUT2D eigenvalue weighted by molar-refractivity contribution is 0.0948. The van der Waals surface area contributed by atoms with Crippen LogP contribution >= 0.6 is 0 Å². The van der Waals surface area contributed by atoms with Gasteiger partial charge >= 0.3 is 0 Å². The van der Waals surface area contributed by atoms with Crippen LogP contribution in [0.15, 0.2) is 42.6 Å². The van der Waals surface area contributed by atoms with E-state index in [0.717, 1.165) is 16.5 Å². The number of hydrogen-bond donors (Lipinski definition) is 4. The fourth-order valence-electron chi connectivity index (χ4n) is 2.72. The average Bonchev–Trinajstić information content (AvgIpc) is 2.90. The standard InChI is InChI=1S/C18H18N2O3/c1-11-8-15(21)17(16(22)9-11)18(23)19-7-6-12-10-20-14-5-3-2-4-13(12)14/h2-5,8-10,20-22H,6-7H2,1H3,(H,19,23). The van der Waals surface area contributed by atoms with Crippen molar-refractivity contribution in [2.24, 2.45) is 0 Å². The number of aromatic nitrogens is 1. The fourth-order valence-corrected chi connectivity index (χ4v) is 2.72. The summed E-state index contributed by atoms with van der Waals surface area (Å²) in [5.74, 6) is -0.918. The van der Waals surface area contributed by atoms with Crippen molar-refractivity contribution in [3.05, 3.63) is 59.3 Å². The number of fused-ring (bicyclic) bond motifs is 1. The number of benzene rings is 2. The Morgan fingerprint density at radius 2 is 1.87 bits per heavy atom. The minimum Gasteiger partial charge on any atom is -0.507 e. The first kappa shape index (κ1) is 15.0. The van der Waals surface area contributed by atoms with E-state index in [9.17, 15) is 15.0 Å². The maximum absolute atomic E-state index is 12.2. The molecule has 0 aliphatic rings. The zero-order valence-electron chi connectivity index (χ0n) is 12.8. The first-order valence-electron chi connectivity index (χ1n) is 7.42. The van der Waals surface area contributed by atoms with Crippen LogP contribution in [0.2, 0.25) is 0 Å². The Morgan fingerprint density at radius 3 is 2.61 bits per heavy atom. The van der Waals surface area contributed by atoms with Crippen molar-refractivity contribution < 1.29 is 15.0 Å². The second kappa shape index (κ2) is 6.04. The SMILES string of the molecule is Cc1cc(O)c(C(=O)NCCc2c[nH]c3ccccc23)c(O)c1. The van der Waals surface area contributed by atoms with Crippen LogP contribution in [-0.4, -0.2) is 27.6 Å². The molecule has 118 valence electrons. The second-order valence-corrected chi connectivity index (χ2v) is 5.54. The summed E-state index contributed by atoms with van der Waals surface area (Å²) in [6.45, 7) is 2.14. The number of phenolic OH excluding ortho intramolecular Hbond substituents is 2. The number of aromatic amines is 1. The van der Waals surface area contributed by atoms with E-state index in [1.807, 2.05) is 30.5 Å². The molecule has 2 aromatic carbocycles. The normalized spacial score (nSPS) is 10.8. The van der Waals surface area contributed by atoms with Gasteiger partial charge in [-0.15, -0.1) is 0 Å². The molecule has 3 rings (SSSR count). The molecule has 1 amide bonds. The first-order chi connectivity index (χ1) is 11.1. The maximum atomic E-state index is 12.2. The van der Waals surface area contributed by atoms with Crippen molar-refractivity contribution in [3.8, 4) is 11.5 Å². The van der Waals surface area contributed by atoms with Crippen molar-refractivity contribution in [3.63, 3.8) is 0 Å². The second-order valence-electron chi connectivity index (χ2n) is 5.54. The van der Waals surface area contributed by atoms with Crippen LogP contribution in [0.4, 0.5) is 0 Å². The Labute approximate surface area is 133 Å². The van der Waals surface area contributed by atoms with Gasteiger partial charge in [0.25, 0.3) is 5.91 Å². The molecular formula is C18H18N2O3. The van der Waals surface area contributed by atoms with Gasteiger partial charge in [-0.25, -0.2) is 0 Å².